The zero-order valence-corrected chi connectivity index (χ0v) is 20.2. The lowest BCUT2D eigenvalue weighted by atomic mass is 9.97. The molecule has 182 valence electrons. The highest BCUT2D eigenvalue weighted by Gasteiger charge is 2.51. The second kappa shape index (κ2) is 9.24. The number of hydrogen-bond acceptors (Lipinski definition) is 4. The normalized spacial score (nSPS) is 21.8. The monoisotopic (exact) mass is 511 g/mol. The maximum absolute atomic E-state index is 13.8. The van der Waals surface area contributed by atoms with Gasteiger partial charge in [-0.25, -0.2) is 17.2 Å². The third-order valence-corrected chi connectivity index (χ3v) is 8.36. The Bertz CT molecular complexity index is 1220. The smallest absolute Gasteiger partial charge is 0.246 e. The maximum Gasteiger partial charge on any atom is 0.246 e. The number of carbonyl (C=O) groups excluding carboxylic acids is 2. The summed E-state index contributed by atoms with van der Waals surface area (Å²) in [6, 6.07) is 8.08. The van der Waals surface area contributed by atoms with Gasteiger partial charge in [-0.15, -0.1) is 0 Å². The van der Waals surface area contributed by atoms with Crippen LogP contribution < -0.4 is 0 Å². The van der Waals surface area contributed by atoms with Gasteiger partial charge in [0.2, 0.25) is 21.8 Å². The first kappa shape index (κ1) is 24.6. The number of amides is 2. The number of hydrogen-bond donors (Lipinski definition) is 0. The summed E-state index contributed by atoms with van der Waals surface area (Å²) in [5.74, 6) is -3.06. The molecule has 0 aromatic heterocycles. The van der Waals surface area contributed by atoms with Crippen molar-refractivity contribution in [2.75, 3.05) is 13.1 Å². The number of benzene rings is 2. The van der Waals surface area contributed by atoms with Crippen LogP contribution in [0.3, 0.4) is 0 Å². The van der Waals surface area contributed by atoms with Crippen LogP contribution >= 0.6 is 11.6 Å². The average molecular weight is 512 g/mol. The number of fused-ring (bicyclic) bond motifs is 1. The van der Waals surface area contributed by atoms with Gasteiger partial charge in [-0.05, 0) is 49.7 Å². The molecule has 2 atom stereocenters. The Labute approximate surface area is 201 Å². The van der Waals surface area contributed by atoms with Crippen molar-refractivity contribution in [3.63, 3.8) is 0 Å². The SMILES string of the molecule is CC(C)N1CC2N(C(=O)CCN2S(=O)(=O)c2ccc(F)c(F)c2)C(Cc2ccc(Cl)cc2)C1=O. The van der Waals surface area contributed by atoms with Crippen molar-refractivity contribution in [1.82, 2.24) is 14.1 Å². The van der Waals surface area contributed by atoms with E-state index in [1.807, 2.05) is 13.8 Å². The molecule has 0 spiro atoms. The fourth-order valence-corrected chi connectivity index (χ4v) is 6.18. The zero-order chi connectivity index (χ0) is 24.8. The molecule has 11 heteroatoms. The summed E-state index contributed by atoms with van der Waals surface area (Å²) >= 11 is 5.97. The zero-order valence-electron chi connectivity index (χ0n) is 18.6. The molecule has 0 bridgehead atoms. The minimum Gasteiger partial charge on any atom is -0.335 e. The molecule has 4 rings (SSSR count). The Balaban J connectivity index is 1.75. The van der Waals surface area contributed by atoms with Gasteiger partial charge in [-0.1, -0.05) is 23.7 Å². The standard InChI is InChI=1S/C23H24ClF2N3O4S/c1-14(2)27-13-21-28(34(32,33)17-7-8-18(25)19(26)12-17)10-9-22(30)29(21)20(23(27)31)11-15-3-5-16(24)6-4-15/h3-8,12,14,20-21H,9-11,13H2,1-2H3. The first-order chi connectivity index (χ1) is 16.0. The van der Waals surface area contributed by atoms with Crippen LogP contribution in [0.25, 0.3) is 0 Å². The Morgan fingerprint density at radius 2 is 1.74 bits per heavy atom. The van der Waals surface area contributed by atoms with Gasteiger partial charge in [0.25, 0.3) is 0 Å². The van der Waals surface area contributed by atoms with Crippen molar-refractivity contribution in [2.24, 2.45) is 0 Å². The molecule has 2 aliphatic heterocycles. The van der Waals surface area contributed by atoms with Crippen LogP contribution in [0.2, 0.25) is 5.02 Å². The van der Waals surface area contributed by atoms with Crippen molar-refractivity contribution >= 4 is 33.4 Å². The molecule has 2 aliphatic rings. The fourth-order valence-electron chi connectivity index (χ4n) is 4.47. The van der Waals surface area contributed by atoms with E-state index < -0.39 is 38.8 Å². The van der Waals surface area contributed by atoms with Crippen LogP contribution in [0, 0.1) is 11.6 Å². The lowest BCUT2D eigenvalue weighted by molar-refractivity contribution is -0.166. The first-order valence-electron chi connectivity index (χ1n) is 10.8. The highest BCUT2D eigenvalue weighted by molar-refractivity contribution is 7.89. The van der Waals surface area contributed by atoms with Gasteiger partial charge in [0.15, 0.2) is 11.6 Å². The van der Waals surface area contributed by atoms with Crippen LogP contribution in [0.4, 0.5) is 8.78 Å². The summed E-state index contributed by atoms with van der Waals surface area (Å²) in [7, 11) is -4.29. The lowest BCUT2D eigenvalue weighted by Gasteiger charge is -2.52. The molecule has 2 unspecified atom stereocenters. The predicted molar refractivity (Wildman–Crippen MR) is 121 cm³/mol. The van der Waals surface area contributed by atoms with Crippen LogP contribution in [0.5, 0.6) is 0 Å². The van der Waals surface area contributed by atoms with E-state index in [2.05, 4.69) is 0 Å². The highest BCUT2D eigenvalue weighted by Crippen LogP contribution is 2.32. The average Bonchev–Trinajstić information content (AvgIpc) is 2.78. The fraction of sp³-hybridized carbons (Fsp3) is 0.391. The van der Waals surface area contributed by atoms with Gasteiger partial charge < -0.3 is 9.80 Å². The minimum absolute atomic E-state index is 0.0255. The summed E-state index contributed by atoms with van der Waals surface area (Å²) in [5.41, 5.74) is 0.764. The van der Waals surface area contributed by atoms with Gasteiger partial charge in [-0.3, -0.25) is 9.59 Å². The Kier molecular flexibility index (Phi) is 6.67. The lowest BCUT2D eigenvalue weighted by Crippen LogP contribution is -2.72. The van der Waals surface area contributed by atoms with Crippen molar-refractivity contribution in [2.45, 2.75) is 49.8 Å². The summed E-state index contributed by atoms with van der Waals surface area (Å²) in [6.45, 7) is 3.47. The Morgan fingerprint density at radius 3 is 2.35 bits per heavy atom. The van der Waals surface area contributed by atoms with E-state index in [0.29, 0.717) is 11.1 Å². The van der Waals surface area contributed by atoms with Crippen LogP contribution in [0.15, 0.2) is 47.4 Å². The van der Waals surface area contributed by atoms with E-state index in [4.69, 9.17) is 11.6 Å². The quantitative estimate of drug-likeness (QED) is 0.618. The molecule has 34 heavy (non-hydrogen) atoms. The van der Waals surface area contributed by atoms with Gasteiger partial charge in [0, 0.05) is 30.5 Å². The molecule has 2 saturated heterocycles. The first-order valence-corrected chi connectivity index (χ1v) is 12.7. The van der Waals surface area contributed by atoms with Gasteiger partial charge in [0.1, 0.15) is 12.2 Å². The largest absolute Gasteiger partial charge is 0.335 e. The molecule has 2 aromatic rings. The Morgan fingerprint density at radius 1 is 1.06 bits per heavy atom. The third kappa shape index (κ3) is 4.42. The van der Waals surface area contributed by atoms with Crippen molar-refractivity contribution in [1.29, 1.82) is 0 Å². The summed E-state index contributed by atoms with van der Waals surface area (Å²) in [5, 5.41) is 0.526. The maximum atomic E-state index is 13.8. The number of carbonyl (C=O) groups is 2. The van der Waals surface area contributed by atoms with Crippen LogP contribution in [-0.4, -0.2) is 65.7 Å². The number of rotatable bonds is 5. The molecule has 0 N–H and O–H groups in total. The number of piperazine rings is 1. The predicted octanol–water partition coefficient (Wildman–Crippen LogP) is 3.03. The molecular formula is C23H24ClF2N3O4S. The van der Waals surface area contributed by atoms with Gasteiger partial charge in [-0.2, -0.15) is 4.31 Å². The topological polar surface area (TPSA) is 78.0 Å². The third-order valence-electron chi connectivity index (χ3n) is 6.21. The van der Waals surface area contributed by atoms with E-state index >= 15 is 0 Å². The minimum atomic E-state index is -4.29. The van der Waals surface area contributed by atoms with E-state index in [-0.39, 0.29) is 43.8 Å². The van der Waals surface area contributed by atoms with E-state index in [1.54, 1.807) is 29.2 Å². The molecule has 7 nitrogen and oxygen atoms in total. The Hall–Kier alpha value is -2.56. The van der Waals surface area contributed by atoms with E-state index in [0.717, 1.165) is 22.0 Å². The van der Waals surface area contributed by atoms with E-state index in [9.17, 15) is 26.8 Å². The van der Waals surface area contributed by atoms with Crippen LogP contribution in [-0.2, 0) is 26.0 Å². The second-order valence-electron chi connectivity index (χ2n) is 8.65. The molecule has 0 aliphatic carbocycles. The number of sulfonamides is 1. The van der Waals surface area contributed by atoms with Gasteiger partial charge in [0.05, 0.1) is 11.4 Å². The highest BCUT2D eigenvalue weighted by atomic mass is 35.5. The summed E-state index contributed by atoms with van der Waals surface area (Å²) < 4.78 is 55.3. The molecule has 2 aromatic carbocycles. The molecule has 2 amide bonds. The van der Waals surface area contributed by atoms with Crippen molar-refractivity contribution in [3.05, 3.63) is 64.7 Å². The molecule has 2 fully saturated rings. The van der Waals surface area contributed by atoms with Gasteiger partial charge >= 0.3 is 0 Å². The van der Waals surface area contributed by atoms with Crippen molar-refractivity contribution in [3.8, 4) is 0 Å². The van der Waals surface area contributed by atoms with E-state index in [1.165, 1.54) is 4.90 Å². The summed E-state index contributed by atoms with van der Waals surface area (Å²) in [4.78, 5) is 28.9. The number of halogens is 3. The molecule has 0 radical (unpaired) electrons. The molecular weight excluding hydrogens is 488 g/mol. The molecule has 0 saturated carbocycles. The summed E-state index contributed by atoms with van der Waals surface area (Å²) in [6.07, 6.45) is -0.928. The van der Waals surface area contributed by atoms with Crippen molar-refractivity contribution < 1.29 is 26.8 Å². The second-order valence-corrected chi connectivity index (χ2v) is 11.0. The molecule has 2 heterocycles. The van der Waals surface area contributed by atoms with Crippen LogP contribution in [0.1, 0.15) is 25.8 Å². The number of nitrogens with zero attached hydrogens (tertiary/aromatic N) is 3.